The number of hydrogen-bond donors (Lipinski definition) is 0. The normalized spacial score (nSPS) is 11.9. The highest BCUT2D eigenvalue weighted by Gasteiger charge is 2.21. The fourth-order valence-corrected chi connectivity index (χ4v) is 3.62. The van der Waals surface area contributed by atoms with Crippen LogP contribution in [0.2, 0.25) is 0 Å². The lowest BCUT2D eigenvalue weighted by atomic mass is 10.2. The van der Waals surface area contributed by atoms with Gasteiger partial charge in [0.15, 0.2) is 11.2 Å². The molecule has 1 aromatic carbocycles. The zero-order valence-corrected chi connectivity index (χ0v) is 16.2. The van der Waals surface area contributed by atoms with Gasteiger partial charge in [-0.3, -0.25) is 22.9 Å². The van der Waals surface area contributed by atoms with Gasteiger partial charge in [0.2, 0.25) is 5.78 Å². The SMILES string of the molecule is Cc1cccc(-n2c(C)cn3c4c(=O)n(CC(C)C)c(=O)n(C)c4nc23)c1. The van der Waals surface area contributed by atoms with Crippen molar-refractivity contribution in [1.82, 2.24) is 23.1 Å². The Balaban J connectivity index is 2.12. The van der Waals surface area contributed by atoms with Crippen molar-refractivity contribution < 1.29 is 0 Å². The van der Waals surface area contributed by atoms with E-state index in [9.17, 15) is 9.59 Å². The van der Waals surface area contributed by atoms with Crippen molar-refractivity contribution in [2.24, 2.45) is 13.0 Å². The van der Waals surface area contributed by atoms with Gasteiger partial charge < -0.3 is 0 Å². The second-order valence-corrected chi connectivity index (χ2v) is 7.55. The average Bonchev–Trinajstić information content (AvgIpc) is 3.11. The van der Waals surface area contributed by atoms with Gasteiger partial charge in [0.1, 0.15) is 0 Å². The Bertz CT molecular complexity index is 1300. The Hall–Kier alpha value is -3.09. The molecule has 3 aromatic heterocycles. The van der Waals surface area contributed by atoms with Crippen molar-refractivity contribution in [2.45, 2.75) is 34.2 Å². The van der Waals surface area contributed by atoms with Crippen molar-refractivity contribution >= 4 is 16.9 Å². The van der Waals surface area contributed by atoms with E-state index >= 15 is 0 Å². The van der Waals surface area contributed by atoms with Gasteiger partial charge in [-0.25, -0.2) is 4.79 Å². The summed E-state index contributed by atoms with van der Waals surface area (Å²) in [6.07, 6.45) is 1.90. The predicted octanol–water partition coefficient (Wildman–Crippen LogP) is 2.41. The number of aromatic nitrogens is 5. The first-order valence-corrected chi connectivity index (χ1v) is 9.06. The molecule has 0 aliphatic heterocycles. The van der Waals surface area contributed by atoms with E-state index in [1.165, 1.54) is 9.13 Å². The van der Waals surface area contributed by atoms with Crippen molar-refractivity contribution in [1.29, 1.82) is 0 Å². The van der Waals surface area contributed by atoms with Gasteiger partial charge in [0.05, 0.1) is 0 Å². The lowest BCUT2D eigenvalue weighted by Crippen LogP contribution is -2.40. The third-order valence-electron chi connectivity index (χ3n) is 4.83. The summed E-state index contributed by atoms with van der Waals surface area (Å²) < 4.78 is 6.57. The van der Waals surface area contributed by atoms with Crippen LogP contribution >= 0.6 is 0 Å². The van der Waals surface area contributed by atoms with Gasteiger partial charge in [-0.05, 0) is 37.5 Å². The number of benzene rings is 1. The van der Waals surface area contributed by atoms with Gasteiger partial charge in [-0.15, -0.1) is 0 Å². The topological polar surface area (TPSA) is 66.2 Å². The molecular formula is C20H23N5O2. The molecule has 7 nitrogen and oxygen atoms in total. The maximum Gasteiger partial charge on any atom is 0.332 e. The average molecular weight is 365 g/mol. The third-order valence-corrected chi connectivity index (χ3v) is 4.83. The maximum atomic E-state index is 13.1. The van der Waals surface area contributed by atoms with Crippen LogP contribution in [-0.4, -0.2) is 23.1 Å². The summed E-state index contributed by atoms with van der Waals surface area (Å²) >= 11 is 0. The van der Waals surface area contributed by atoms with E-state index in [-0.39, 0.29) is 17.2 Å². The summed E-state index contributed by atoms with van der Waals surface area (Å²) in [7, 11) is 1.66. The Kier molecular flexibility index (Phi) is 3.83. The largest absolute Gasteiger partial charge is 0.332 e. The van der Waals surface area contributed by atoms with E-state index in [2.05, 4.69) is 11.1 Å². The molecule has 4 rings (SSSR count). The zero-order chi connectivity index (χ0) is 19.5. The van der Waals surface area contributed by atoms with E-state index in [0.29, 0.717) is 23.5 Å². The molecule has 0 bridgehead atoms. The van der Waals surface area contributed by atoms with Crippen LogP contribution < -0.4 is 11.2 Å². The standard InChI is InChI=1S/C20H23N5O2/c1-12(2)10-24-18(26)16-17(22(5)20(24)27)21-19-23(16)11-14(4)25(19)15-8-6-7-13(3)9-15/h6-9,11-12H,10H2,1-5H3. The second kappa shape index (κ2) is 5.97. The summed E-state index contributed by atoms with van der Waals surface area (Å²) in [4.78, 5) is 30.4. The Morgan fingerprint density at radius 2 is 1.89 bits per heavy atom. The number of nitrogens with zero attached hydrogens (tertiary/aromatic N) is 5. The summed E-state index contributed by atoms with van der Waals surface area (Å²) in [5.74, 6) is 0.817. The second-order valence-electron chi connectivity index (χ2n) is 7.55. The molecule has 0 atom stereocenters. The molecule has 0 aliphatic rings. The molecule has 0 N–H and O–H groups in total. The van der Waals surface area contributed by atoms with Crippen LogP contribution in [0.5, 0.6) is 0 Å². The van der Waals surface area contributed by atoms with Gasteiger partial charge in [0, 0.05) is 31.2 Å². The molecule has 0 unspecified atom stereocenters. The quantitative estimate of drug-likeness (QED) is 0.560. The highest BCUT2D eigenvalue weighted by atomic mass is 16.2. The fourth-order valence-electron chi connectivity index (χ4n) is 3.62. The Morgan fingerprint density at radius 1 is 1.15 bits per heavy atom. The van der Waals surface area contributed by atoms with E-state index < -0.39 is 0 Å². The van der Waals surface area contributed by atoms with E-state index in [1.807, 2.05) is 56.7 Å². The summed E-state index contributed by atoms with van der Waals surface area (Å²) in [5, 5.41) is 0. The van der Waals surface area contributed by atoms with Crippen LogP contribution in [-0.2, 0) is 13.6 Å². The van der Waals surface area contributed by atoms with E-state index in [0.717, 1.165) is 16.9 Å². The first-order chi connectivity index (χ1) is 12.8. The van der Waals surface area contributed by atoms with Crippen molar-refractivity contribution in [3.63, 3.8) is 0 Å². The number of rotatable bonds is 3. The lowest BCUT2D eigenvalue weighted by molar-refractivity contribution is 0.484. The number of fused-ring (bicyclic) bond motifs is 3. The van der Waals surface area contributed by atoms with Crippen molar-refractivity contribution in [2.75, 3.05) is 0 Å². The van der Waals surface area contributed by atoms with Crippen molar-refractivity contribution in [3.05, 3.63) is 62.6 Å². The molecular weight excluding hydrogens is 342 g/mol. The molecule has 27 heavy (non-hydrogen) atoms. The Labute approximate surface area is 156 Å². The minimum atomic E-state index is -0.333. The van der Waals surface area contributed by atoms with Crippen LogP contribution in [0, 0.1) is 19.8 Å². The van der Waals surface area contributed by atoms with Gasteiger partial charge >= 0.3 is 5.69 Å². The van der Waals surface area contributed by atoms with Crippen LogP contribution in [0.1, 0.15) is 25.1 Å². The van der Waals surface area contributed by atoms with E-state index in [1.54, 1.807) is 11.4 Å². The first-order valence-electron chi connectivity index (χ1n) is 9.06. The van der Waals surface area contributed by atoms with Crippen LogP contribution in [0.3, 0.4) is 0 Å². The van der Waals surface area contributed by atoms with Crippen LogP contribution in [0.25, 0.3) is 22.6 Å². The molecule has 7 heteroatoms. The van der Waals surface area contributed by atoms with Crippen LogP contribution in [0.4, 0.5) is 0 Å². The third kappa shape index (κ3) is 2.53. The molecule has 0 spiro atoms. The molecule has 140 valence electrons. The molecule has 0 saturated carbocycles. The molecule has 0 radical (unpaired) electrons. The zero-order valence-electron chi connectivity index (χ0n) is 16.2. The van der Waals surface area contributed by atoms with Gasteiger partial charge in [0.25, 0.3) is 5.56 Å². The number of aryl methyl sites for hydroxylation is 3. The highest BCUT2D eigenvalue weighted by Crippen LogP contribution is 2.21. The van der Waals surface area contributed by atoms with Crippen molar-refractivity contribution in [3.8, 4) is 5.69 Å². The lowest BCUT2D eigenvalue weighted by Gasteiger charge is -2.09. The molecule has 4 aromatic rings. The molecule has 3 heterocycles. The van der Waals surface area contributed by atoms with Crippen LogP contribution in [0.15, 0.2) is 40.1 Å². The summed E-state index contributed by atoms with van der Waals surface area (Å²) in [5.41, 5.74) is 3.29. The fraction of sp³-hybridized carbons (Fsp3) is 0.350. The van der Waals surface area contributed by atoms with Gasteiger partial charge in [-0.2, -0.15) is 4.98 Å². The monoisotopic (exact) mass is 365 g/mol. The maximum absolute atomic E-state index is 13.1. The molecule has 0 saturated heterocycles. The Morgan fingerprint density at radius 3 is 2.56 bits per heavy atom. The van der Waals surface area contributed by atoms with E-state index in [4.69, 9.17) is 0 Å². The summed E-state index contributed by atoms with van der Waals surface area (Å²) in [6, 6.07) is 8.11. The molecule has 0 fully saturated rings. The molecule has 0 amide bonds. The predicted molar refractivity (Wildman–Crippen MR) is 106 cm³/mol. The highest BCUT2D eigenvalue weighted by molar-refractivity contribution is 5.76. The number of hydrogen-bond acceptors (Lipinski definition) is 3. The minimum absolute atomic E-state index is 0.190. The smallest absolute Gasteiger partial charge is 0.283 e. The first kappa shape index (κ1) is 17.3. The number of imidazole rings is 2. The molecule has 0 aliphatic carbocycles. The minimum Gasteiger partial charge on any atom is -0.283 e. The van der Waals surface area contributed by atoms with Gasteiger partial charge in [-0.1, -0.05) is 26.0 Å². The summed E-state index contributed by atoms with van der Waals surface area (Å²) in [6.45, 7) is 8.38.